The summed E-state index contributed by atoms with van der Waals surface area (Å²) < 4.78 is 5.72. The molecule has 0 radical (unpaired) electrons. The lowest BCUT2D eigenvalue weighted by atomic mass is 10.1. The number of carbonyl (C=O) groups excluding carboxylic acids is 1. The number of aromatic nitrogens is 1. The summed E-state index contributed by atoms with van der Waals surface area (Å²) in [6.07, 6.45) is 2.61. The smallest absolute Gasteiger partial charge is 0.254 e. The van der Waals surface area contributed by atoms with Crippen LogP contribution >= 0.6 is 11.3 Å². The maximum atomic E-state index is 12.8. The quantitative estimate of drug-likeness (QED) is 0.722. The number of rotatable bonds is 3. The number of fused-ring (bicyclic) bond motifs is 1. The van der Waals surface area contributed by atoms with Gasteiger partial charge < -0.3 is 9.64 Å². The van der Waals surface area contributed by atoms with E-state index in [1.54, 1.807) is 29.7 Å². The number of benzene rings is 1. The summed E-state index contributed by atoms with van der Waals surface area (Å²) in [6.45, 7) is 1.45. The predicted octanol–water partition coefficient (Wildman–Crippen LogP) is 4.13. The molecular weight excluding hydrogens is 320 g/mol. The minimum Gasteiger partial charge on any atom is -0.439 e. The van der Waals surface area contributed by atoms with E-state index in [2.05, 4.69) is 16.4 Å². The monoisotopic (exact) mass is 336 g/mol. The Kier molecular flexibility index (Phi) is 4.01. The van der Waals surface area contributed by atoms with Crippen molar-refractivity contribution in [2.75, 3.05) is 6.54 Å². The SMILES string of the molecule is O=C(c1cccc(Oc2ccccn2)c1)N1CCc2sccc2C1. The van der Waals surface area contributed by atoms with Gasteiger partial charge in [-0.1, -0.05) is 12.1 Å². The Morgan fingerprint density at radius 3 is 3.00 bits per heavy atom. The molecule has 0 N–H and O–H groups in total. The van der Waals surface area contributed by atoms with Crippen LogP contribution in [-0.2, 0) is 13.0 Å². The van der Waals surface area contributed by atoms with Crippen LogP contribution in [0.15, 0.2) is 60.1 Å². The average Bonchev–Trinajstić information content (AvgIpc) is 3.10. The van der Waals surface area contributed by atoms with Gasteiger partial charge >= 0.3 is 0 Å². The zero-order valence-electron chi connectivity index (χ0n) is 13.0. The third-order valence-corrected chi connectivity index (χ3v) is 5.06. The molecule has 0 saturated heterocycles. The fourth-order valence-electron chi connectivity index (χ4n) is 2.83. The van der Waals surface area contributed by atoms with E-state index in [0.29, 0.717) is 23.7 Å². The van der Waals surface area contributed by atoms with Crippen LogP contribution in [0, 0.1) is 0 Å². The molecule has 1 aliphatic heterocycles. The van der Waals surface area contributed by atoms with E-state index in [9.17, 15) is 4.79 Å². The van der Waals surface area contributed by atoms with Gasteiger partial charge in [0.2, 0.25) is 5.88 Å². The summed E-state index contributed by atoms with van der Waals surface area (Å²) in [7, 11) is 0. The lowest BCUT2D eigenvalue weighted by Crippen LogP contribution is -2.35. The van der Waals surface area contributed by atoms with E-state index < -0.39 is 0 Å². The second-order valence-corrected chi connectivity index (χ2v) is 6.64. The summed E-state index contributed by atoms with van der Waals surface area (Å²) in [5.74, 6) is 1.18. The van der Waals surface area contributed by atoms with Crippen molar-refractivity contribution in [3.63, 3.8) is 0 Å². The normalized spacial score (nSPS) is 13.4. The minimum absolute atomic E-state index is 0.0401. The van der Waals surface area contributed by atoms with Crippen molar-refractivity contribution < 1.29 is 9.53 Å². The Hall–Kier alpha value is -2.66. The van der Waals surface area contributed by atoms with E-state index in [4.69, 9.17) is 4.74 Å². The van der Waals surface area contributed by atoms with Crippen LogP contribution in [-0.4, -0.2) is 22.3 Å². The number of hydrogen-bond donors (Lipinski definition) is 0. The van der Waals surface area contributed by atoms with Gasteiger partial charge in [0.1, 0.15) is 5.75 Å². The average molecular weight is 336 g/mol. The van der Waals surface area contributed by atoms with E-state index in [0.717, 1.165) is 13.0 Å². The predicted molar refractivity (Wildman–Crippen MR) is 93.5 cm³/mol. The van der Waals surface area contributed by atoms with Crippen LogP contribution in [0.1, 0.15) is 20.8 Å². The van der Waals surface area contributed by atoms with Gasteiger partial charge in [-0.2, -0.15) is 0 Å². The van der Waals surface area contributed by atoms with Gasteiger partial charge in [-0.3, -0.25) is 4.79 Å². The van der Waals surface area contributed by atoms with E-state index >= 15 is 0 Å². The standard InChI is InChI=1S/C19H16N2O2S/c22-19(21-10-7-17-15(13-21)8-11-24-17)14-4-3-5-16(12-14)23-18-6-1-2-9-20-18/h1-6,8-9,11-12H,7,10,13H2. The number of thiophene rings is 1. The van der Waals surface area contributed by atoms with Crippen LogP contribution in [0.5, 0.6) is 11.6 Å². The highest BCUT2D eigenvalue weighted by atomic mass is 32.1. The summed E-state index contributed by atoms with van der Waals surface area (Å²) in [5.41, 5.74) is 1.91. The Labute approximate surface area is 144 Å². The van der Waals surface area contributed by atoms with Gasteiger partial charge in [-0.15, -0.1) is 11.3 Å². The molecule has 0 fully saturated rings. The lowest BCUT2D eigenvalue weighted by Gasteiger charge is -2.27. The molecule has 1 aromatic carbocycles. The minimum atomic E-state index is 0.0401. The highest BCUT2D eigenvalue weighted by Gasteiger charge is 2.22. The maximum absolute atomic E-state index is 12.8. The topological polar surface area (TPSA) is 42.4 Å². The zero-order chi connectivity index (χ0) is 16.4. The van der Waals surface area contributed by atoms with Crippen LogP contribution < -0.4 is 4.74 Å². The molecule has 24 heavy (non-hydrogen) atoms. The number of pyridine rings is 1. The first-order chi connectivity index (χ1) is 11.8. The number of nitrogens with zero attached hydrogens (tertiary/aromatic N) is 2. The molecule has 1 aliphatic rings. The van der Waals surface area contributed by atoms with Crippen molar-refractivity contribution in [1.29, 1.82) is 0 Å². The number of hydrogen-bond acceptors (Lipinski definition) is 4. The molecule has 0 saturated carbocycles. The highest BCUT2D eigenvalue weighted by molar-refractivity contribution is 7.10. The molecule has 0 aliphatic carbocycles. The van der Waals surface area contributed by atoms with Crippen molar-refractivity contribution in [2.24, 2.45) is 0 Å². The van der Waals surface area contributed by atoms with Crippen molar-refractivity contribution >= 4 is 17.2 Å². The molecule has 120 valence electrons. The van der Waals surface area contributed by atoms with Crippen molar-refractivity contribution in [1.82, 2.24) is 9.88 Å². The Balaban J connectivity index is 1.52. The first-order valence-electron chi connectivity index (χ1n) is 7.83. The Morgan fingerprint density at radius 1 is 1.17 bits per heavy atom. The molecule has 4 rings (SSSR count). The van der Waals surface area contributed by atoms with Gasteiger partial charge in [0.25, 0.3) is 5.91 Å². The largest absolute Gasteiger partial charge is 0.439 e. The van der Waals surface area contributed by atoms with Crippen LogP contribution in [0.4, 0.5) is 0 Å². The van der Waals surface area contributed by atoms with Crippen molar-refractivity contribution in [3.05, 3.63) is 76.1 Å². The first-order valence-corrected chi connectivity index (χ1v) is 8.71. The number of ether oxygens (including phenoxy) is 1. The summed E-state index contributed by atoms with van der Waals surface area (Å²) in [5, 5.41) is 2.10. The summed E-state index contributed by atoms with van der Waals surface area (Å²) >= 11 is 1.77. The van der Waals surface area contributed by atoms with Crippen molar-refractivity contribution in [2.45, 2.75) is 13.0 Å². The number of carbonyl (C=O) groups is 1. The molecule has 1 amide bonds. The van der Waals surface area contributed by atoms with Gasteiger partial charge in [0.15, 0.2) is 0 Å². The van der Waals surface area contributed by atoms with Gasteiger partial charge in [0.05, 0.1) is 0 Å². The Morgan fingerprint density at radius 2 is 2.12 bits per heavy atom. The number of amides is 1. The first kappa shape index (κ1) is 14.9. The molecule has 4 nitrogen and oxygen atoms in total. The second kappa shape index (κ2) is 6.45. The highest BCUT2D eigenvalue weighted by Crippen LogP contribution is 2.26. The van der Waals surface area contributed by atoms with Gasteiger partial charge in [-0.25, -0.2) is 4.98 Å². The molecule has 3 aromatic rings. The Bertz CT molecular complexity index is 861. The maximum Gasteiger partial charge on any atom is 0.254 e. The third-order valence-electron chi connectivity index (χ3n) is 4.04. The van der Waals surface area contributed by atoms with Crippen LogP contribution in [0.2, 0.25) is 0 Å². The zero-order valence-corrected chi connectivity index (χ0v) is 13.8. The molecule has 5 heteroatoms. The molecule has 2 aromatic heterocycles. The van der Waals surface area contributed by atoms with Crippen molar-refractivity contribution in [3.8, 4) is 11.6 Å². The summed E-state index contributed by atoms with van der Waals surface area (Å²) in [4.78, 5) is 20.2. The second-order valence-electron chi connectivity index (χ2n) is 5.64. The molecule has 0 spiro atoms. The lowest BCUT2D eigenvalue weighted by molar-refractivity contribution is 0.0735. The molecule has 3 heterocycles. The van der Waals surface area contributed by atoms with E-state index in [-0.39, 0.29) is 5.91 Å². The van der Waals surface area contributed by atoms with E-state index in [1.807, 2.05) is 35.2 Å². The van der Waals surface area contributed by atoms with Crippen LogP contribution in [0.3, 0.4) is 0 Å². The van der Waals surface area contributed by atoms with Crippen LogP contribution in [0.25, 0.3) is 0 Å². The summed E-state index contributed by atoms with van der Waals surface area (Å²) in [6, 6.07) is 14.9. The fraction of sp³-hybridized carbons (Fsp3) is 0.158. The van der Waals surface area contributed by atoms with Gasteiger partial charge in [0, 0.05) is 35.8 Å². The third kappa shape index (κ3) is 3.03. The van der Waals surface area contributed by atoms with Gasteiger partial charge in [-0.05, 0) is 47.7 Å². The molecule has 0 atom stereocenters. The molecule has 0 bridgehead atoms. The van der Waals surface area contributed by atoms with E-state index in [1.165, 1.54) is 10.4 Å². The molecular formula is C19H16N2O2S. The molecule has 0 unspecified atom stereocenters. The fourth-order valence-corrected chi connectivity index (χ4v) is 3.71.